The Kier molecular flexibility index (Phi) is 4.87. The highest BCUT2D eigenvalue weighted by atomic mass is 16.5. The smallest absolute Gasteiger partial charge is 0.303 e. The number of hydrogen-bond acceptors (Lipinski definition) is 4. The van der Waals surface area contributed by atoms with Gasteiger partial charge in [-0.05, 0) is 47.4 Å². The fraction of sp³-hybridized carbons (Fsp3) is 0.375. The van der Waals surface area contributed by atoms with E-state index in [1.807, 2.05) is 30.3 Å². The lowest BCUT2D eigenvalue weighted by molar-refractivity contribution is -0.136. The molecule has 1 fully saturated rings. The molecule has 5 nitrogen and oxygen atoms in total. The van der Waals surface area contributed by atoms with E-state index in [0.29, 0.717) is 13.0 Å². The number of nitrogens with zero attached hydrogens (tertiary/aromatic N) is 1. The number of carboxylic acid groups (broad SMARTS) is 1. The van der Waals surface area contributed by atoms with Crippen molar-refractivity contribution in [3.05, 3.63) is 65.2 Å². The van der Waals surface area contributed by atoms with Gasteiger partial charge in [0.15, 0.2) is 5.72 Å². The number of aliphatic carboxylic acids is 1. The topological polar surface area (TPSA) is 59.0 Å². The van der Waals surface area contributed by atoms with Crippen molar-refractivity contribution in [2.45, 2.75) is 37.8 Å². The first-order valence-electron chi connectivity index (χ1n) is 9.97. The van der Waals surface area contributed by atoms with Crippen molar-refractivity contribution in [2.75, 3.05) is 25.2 Å². The van der Waals surface area contributed by atoms with Crippen LogP contribution in [-0.4, -0.2) is 37.1 Å². The number of anilines is 1. The molecule has 1 unspecified atom stereocenters. The van der Waals surface area contributed by atoms with Crippen LogP contribution in [0.3, 0.4) is 0 Å². The predicted octanol–water partition coefficient (Wildman–Crippen LogP) is 4.25. The van der Waals surface area contributed by atoms with Crippen molar-refractivity contribution in [2.24, 2.45) is 0 Å². The van der Waals surface area contributed by atoms with Gasteiger partial charge in [0, 0.05) is 24.1 Å². The molecule has 2 heterocycles. The maximum atomic E-state index is 11.0. The summed E-state index contributed by atoms with van der Waals surface area (Å²) in [6.07, 6.45) is 4.95. The SMILES string of the molecule is COc1ccc(C=CC23OCCN2c2ccc(CCC(=O)O)cc2C3(C)C)cc1. The van der Waals surface area contributed by atoms with Gasteiger partial charge in [-0.3, -0.25) is 4.79 Å². The molecule has 0 bridgehead atoms. The van der Waals surface area contributed by atoms with Crippen molar-refractivity contribution in [3.8, 4) is 5.75 Å². The standard InChI is InChI=1S/C24H27NO4/c1-23(2)20-16-18(7-11-22(26)27)6-10-21(20)25-14-15-29-24(23,25)13-12-17-4-8-19(28-3)9-5-17/h4-6,8-10,12-13,16H,7,11,14-15H2,1-3H3,(H,26,27). The van der Waals surface area contributed by atoms with Crippen LogP contribution >= 0.6 is 0 Å². The van der Waals surface area contributed by atoms with E-state index in [1.54, 1.807) is 7.11 Å². The Morgan fingerprint density at radius 3 is 2.69 bits per heavy atom. The molecule has 1 N–H and O–H groups in total. The van der Waals surface area contributed by atoms with Gasteiger partial charge >= 0.3 is 5.97 Å². The van der Waals surface area contributed by atoms with Crippen molar-refractivity contribution < 1.29 is 19.4 Å². The number of hydrogen-bond donors (Lipinski definition) is 1. The zero-order valence-electron chi connectivity index (χ0n) is 17.1. The molecule has 2 aromatic rings. The molecule has 0 radical (unpaired) electrons. The summed E-state index contributed by atoms with van der Waals surface area (Å²) in [6, 6.07) is 14.3. The van der Waals surface area contributed by atoms with E-state index in [-0.39, 0.29) is 11.8 Å². The first-order valence-corrected chi connectivity index (χ1v) is 9.97. The molecule has 29 heavy (non-hydrogen) atoms. The highest BCUT2D eigenvalue weighted by molar-refractivity contribution is 5.71. The molecule has 0 saturated carbocycles. The number of methoxy groups -OCH3 is 1. The molecule has 2 aliphatic heterocycles. The van der Waals surface area contributed by atoms with Crippen LogP contribution in [0.4, 0.5) is 5.69 Å². The van der Waals surface area contributed by atoms with E-state index in [9.17, 15) is 4.79 Å². The minimum absolute atomic E-state index is 0.141. The van der Waals surface area contributed by atoms with Crippen molar-refractivity contribution in [1.29, 1.82) is 0 Å². The maximum absolute atomic E-state index is 11.0. The van der Waals surface area contributed by atoms with Crippen LogP contribution in [0.25, 0.3) is 6.08 Å². The third-order valence-electron chi connectivity index (χ3n) is 6.20. The van der Waals surface area contributed by atoms with Gasteiger partial charge in [0.2, 0.25) is 0 Å². The quantitative estimate of drug-likeness (QED) is 0.795. The Bertz CT molecular complexity index is 948. The summed E-state index contributed by atoms with van der Waals surface area (Å²) in [5, 5.41) is 9.01. The molecule has 4 rings (SSSR count). The minimum Gasteiger partial charge on any atom is -0.497 e. The van der Waals surface area contributed by atoms with Gasteiger partial charge in [0.1, 0.15) is 5.75 Å². The first kappa shape index (κ1) is 19.5. The second-order valence-electron chi connectivity index (χ2n) is 8.17. The number of benzene rings is 2. The molecule has 1 saturated heterocycles. The summed E-state index contributed by atoms with van der Waals surface area (Å²) in [4.78, 5) is 13.3. The lowest BCUT2D eigenvalue weighted by Crippen LogP contribution is -2.51. The average Bonchev–Trinajstić information content (AvgIpc) is 3.22. The molecule has 1 atom stereocenters. The fourth-order valence-electron chi connectivity index (χ4n) is 4.54. The normalized spacial score (nSPS) is 22.0. The second kappa shape index (κ2) is 7.23. The molecule has 0 aromatic heterocycles. The van der Waals surface area contributed by atoms with Crippen LogP contribution < -0.4 is 9.64 Å². The summed E-state index contributed by atoms with van der Waals surface area (Å²) in [7, 11) is 1.66. The first-order chi connectivity index (χ1) is 13.9. The fourth-order valence-corrected chi connectivity index (χ4v) is 4.54. The Morgan fingerprint density at radius 2 is 2.00 bits per heavy atom. The van der Waals surface area contributed by atoms with Gasteiger partial charge in [-0.25, -0.2) is 0 Å². The number of ether oxygens (including phenoxy) is 2. The van der Waals surface area contributed by atoms with Gasteiger partial charge in [-0.2, -0.15) is 0 Å². The average molecular weight is 393 g/mol. The predicted molar refractivity (Wildman–Crippen MR) is 113 cm³/mol. The van der Waals surface area contributed by atoms with Gasteiger partial charge < -0.3 is 19.5 Å². The molecule has 5 heteroatoms. The number of carbonyl (C=O) groups is 1. The number of fused-ring (bicyclic) bond motifs is 3. The summed E-state index contributed by atoms with van der Waals surface area (Å²) < 4.78 is 11.6. The van der Waals surface area contributed by atoms with E-state index in [2.05, 4.69) is 43.0 Å². The van der Waals surface area contributed by atoms with Crippen LogP contribution in [0.15, 0.2) is 48.5 Å². The third kappa shape index (κ3) is 3.19. The molecule has 0 spiro atoms. The van der Waals surface area contributed by atoms with E-state index in [1.165, 1.54) is 11.3 Å². The Morgan fingerprint density at radius 1 is 1.24 bits per heavy atom. The van der Waals surface area contributed by atoms with Gasteiger partial charge in [0.05, 0.1) is 13.7 Å². The lowest BCUT2D eigenvalue weighted by Gasteiger charge is -2.39. The van der Waals surface area contributed by atoms with E-state index in [4.69, 9.17) is 14.6 Å². The highest BCUT2D eigenvalue weighted by Crippen LogP contribution is 2.55. The van der Waals surface area contributed by atoms with Gasteiger partial charge in [-0.15, -0.1) is 0 Å². The van der Waals surface area contributed by atoms with Crippen molar-refractivity contribution >= 4 is 17.7 Å². The second-order valence-corrected chi connectivity index (χ2v) is 8.17. The Hall–Kier alpha value is -2.79. The molecule has 2 aromatic carbocycles. The molecule has 2 aliphatic rings. The zero-order chi connectivity index (χ0) is 20.6. The Balaban J connectivity index is 1.68. The molecule has 0 amide bonds. The number of aryl methyl sites for hydroxylation is 1. The monoisotopic (exact) mass is 393 g/mol. The zero-order valence-corrected chi connectivity index (χ0v) is 17.1. The van der Waals surface area contributed by atoms with Crippen LogP contribution in [0.2, 0.25) is 0 Å². The lowest BCUT2D eigenvalue weighted by atomic mass is 9.76. The van der Waals surface area contributed by atoms with Crippen LogP contribution in [-0.2, 0) is 21.4 Å². The molecule has 0 aliphatic carbocycles. The van der Waals surface area contributed by atoms with Crippen LogP contribution in [0, 0.1) is 0 Å². The summed E-state index contributed by atoms with van der Waals surface area (Å²) in [6.45, 7) is 5.92. The van der Waals surface area contributed by atoms with Gasteiger partial charge in [-0.1, -0.05) is 44.2 Å². The maximum Gasteiger partial charge on any atom is 0.303 e. The molecule has 152 valence electrons. The van der Waals surface area contributed by atoms with Crippen molar-refractivity contribution in [3.63, 3.8) is 0 Å². The third-order valence-corrected chi connectivity index (χ3v) is 6.20. The van der Waals surface area contributed by atoms with Crippen LogP contribution in [0.5, 0.6) is 5.75 Å². The summed E-state index contributed by atoms with van der Waals surface area (Å²) in [5.74, 6) is 0.0640. The van der Waals surface area contributed by atoms with Crippen LogP contribution in [0.1, 0.15) is 37.0 Å². The van der Waals surface area contributed by atoms with E-state index in [0.717, 1.165) is 23.4 Å². The number of rotatable bonds is 6. The summed E-state index contributed by atoms with van der Waals surface area (Å²) in [5.41, 5.74) is 3.69. The van der Waals surface area contributed by atoms with Gasteiger partial charge in [0.25, 0.3) is 0 Å². The number of carboxylic acids is 1. The van der Waals surface area contributed by atoms with E-state index < -0.39 is 11.7 Å². The highest BCUT2D eigenvalue weighted by Gasteiger charge is 2.59. The minimum atomic E-state index is -0.771. The summed E-state index contributed by atoms with van der Waals surface area (Å²) >= 11 is 0. The largest absolute Gasteiger partial charge is 0.497 e. The Labute approximate surface area is 171 Å². The molecular formula is C24H27NO4. The van der Waals surface area contributed by atoms with E-state index >= 15 is 0 Å². The molecular weight excluding hydrogens is 366 g/mol. The van der Waals surface area contributed by atoms with Crippen molar-refractivity contribution in [1.82, 2.24) is 0 Å².